The van der Waals surface area contributed by atoms with Crippen LogP contribution in [-0.4, -0.2) is 27.2 Å². The average molecular weight is 404 g/mol. The number of hydrogen-bond acceptors (Lipinski definition) is 4. The summed E-state index contributed by atoms with van der Waals surface area (Å²) in [6, 6.07) is 11.3. The number of para-hydroxylation sites is 2. The van der Waals surface area contributed by atoms with Crippen molar-refractivity contribution in [2.45, 2.75) is 25.6 Å². The van der Waals surface area contributed by atoms with Crippen molar-refractivity contribution in [3.63, 3.8) is 0 Å². The van der Waals surface area contributed by atoms with Crippen LogP contribution in [0, 0.1) is 13.8 Å². The molecular formula is C19H18F2N4O2S. The summed E-state index contributed by atoms with van der Waals surface area (Å²) in [7, 11) is 0. The van der Waals surface area contributed by atoms with E-state index in [9.17, 15) is 18.4 Å². The van der Waals surface area contributed by atoms with Gasteiger partial charge in [-0.15, -0.1) is 0 Å². The van der Waals surface area contributed by atoms with E-state index in [1.807, 2.05) is 26.0 Å². The Kier molecular flexibility index (Phi) is 5.93. The van der Waals surface area contributed by atoms with Crippen LogP contribution in [0.1, 0.15) is 17.7 Å². The van der Waals surface area contributed by atoms with Gasteiger partial charge in [0.05, 0.1) is 16.8 Å². The van der Waals surface area contributed by atoms with Crippen LogP contribution in [0.15, 0.2) is 47.6 Å². The Hall–Kier alpha value is -2.94. The van der Waals surface area contributed by atoms with Gasteiger partial charge < -0.3 is 5.32 Å². The summed E-state index contributed by atoms with van der Waals surface area (Å²) in [5, 5.41) is 4.80. The van der Waals surface area contributed by atoms with Gasteiger partial charge in [0.1, 0.15) is 0 Å². The minimum atomic E-state index is -2.79. The van der Waals surface area contributed by atoms with Crippen LogP contribution in [0.3, 0.4) is 0 Å². The molecule has 3 aromatic rings. The Morgan fingerprint density at radius 1 is 1.18 bits per heavy atom. The van der Waals surface area contributed by atoms with Crippen molar-refractivity contribution in [1.82, 2.24) is 14.9 Å². The van der Waals surface area contributed by atoms with Crippen molar-refractivity contribution in [1.29, 1.82) is 0 Å². The number of nitrogens with one attached hydrogen (secondary N) is 2. The van der Waals surface area contributed by atoms with Gasteiger partial charge in [0, 0.05) is 5.69 Å². The molecule has 1 heterocycles. The van der Waals surface area contributed by atoms with Crippen LogP contribution in [0.5, 0.6) is 0 Å². The second-order valence-electron chi connectivity index (χ2n) is 6.14. The number of thioether (sulfide) groups is 1. The predicted molar refractivity (Wildman–Crippen MR) is 105 cm³/mol. The molecule has 0 fully saturated rings. The van der Waals surface area contributed by atoms with Gasteiger partial charge in [-0.05, 0) is 37.6 Å². The fraction of sp³-hybridized carbons (Fsp3) is 0.211. The van der Waals surface area contributed by atoms with E-state index < -0.39 is 18.5 Å². The highest BCUT2D eigenvalue weighted by Crippen LogP contribution is 2.29. The Morgan fingerprint density at radius 2 is 1.93 bits per heavy atom. The first-order valence-corrected chi connectivity index (χ1v) is 9.39. The molecule has 0 bridgehead atoms. The zero-order chi connectivity index (χ0) is 20.3. The number of imide groups is 1. The smallest absolute Gasteiger partial charge is 0.307 e. The van der Waals surface area contributed by atoms with Crippen LogP contribution in [0.4, 0.5) is 19.3 Å². The summed E-state index contributed by atoms with van der Waals surface area (Å²) < 4.78 is 27.5. The number of alkyl halides is 2. The van der Waals surface area contributed by atoms with Gasteiger partial charge in [0.15, 0.2) is 5.16 Å². The maximum absolute atomic E-state index is 13.4. The Labute approximate surface area is 164 Å². The van der Waals surface area contributed by atoms with Crippen LogP contribution >= 0.6 is 11.8 Å². The van der Waals surface area contributed by atoms with Crippen molar-refractivity contribution in [2.24, 2.45) is 0 Å². The highest BCUT2D eigenvalue weighted by Gasteiger charge is 2.19. The van der Waals surface area contributed by atoms with E-state index in [0.717, 1.165) is 27.5 Å². The fourth-order valence-corrected chi connectivity index (χ4v) is 3.53. The van der Waals surface area contributed by atoms with E-state index in [0.29, 0.717) is 11.2 Å². The van der Waals surface area contributed by atoms with Gasteiger partial charge in [-0.25, -0.2) is 9.78 Å². The summed E-state index contributed by atoms with van der Waals surface area (Å²) in [6.07, 6.45) is 0. The zero-order valence-corrected chi connectivity index (χ0v) is 16.0. The molecule has 6 nitrogen and oxygen atoms in total. The highest BCUT2D eigenvalue weighted by molar-refractivity contribution is 7.99. The number of anilines is 1. The minimum absolute atomic E-state index is 0.0149. The Bertz CT molecular complexity index is 1040. The van der Waals surface area contributed by atoms with Crippen molar-refractivity contribution in [2.75, 3.05) is 11.1 Å². The van der Waals surface area contributed by atoms with Gasteiger partial charge in [-0.1, -0.05) is 41.6 Å². The maximum Gasteiger partial charge on any atom is 0.325 e. The van der Waals surface area contributed by atoms with E-state index in [-0.39, 0.29) is 16.4 Å². The van der Waals surface area contributed by atoms with E-state index >= 15 is 0 Å². The molecular weight excluding hydrogens is 386 g/mol. The SMILES string of the molecule is Cc1ccc(NC(=O)NC(=O)CSc2nc3ccccc3n2C(F)F)c(C)c1. The number of imidazole rings is 1. The molecule has 0 spiro atoms. The third-order valence-corrected chi connectivity index (χ3v) is 4.93. The monoisotopic (exact) mass is 404 g/mol. The molecule has 28 heavy (non-hydrogen) atoms. The molecule has 1 aromatic heterocycles. The van der Waals surface area contributed by atoms with Gasteiger partial charge in [0.2, 0.25) is 5.91 Å². The molecule has 0 saturated heterocycles. The molecule has 3 rings (SSSR count). The minimum Gasteiger partial charge on any atom is -0.307 e. The lowest BCUT2D eigenvalue weighted by Gasteiger charge is -2.10. The van der Waals surface area contributed by atoms with Crippen molar-refractivity contribution < 1.29 is 18.4 Å². The first kappa shape index (κ1) is 19.8. The maximum atomic E-state index is 13.4. The number of carbonyl (C=O) groups excluding carboxylic acids is 2. The molecule has 0 aliphatic heterocycles. The predicted octanol–water partition coefficient (Wildman–Crippen LogP) is 4.49. The number of hydrogen-bond donors (Lipinski definition) is 2. The average Bonchev–Trinajstić information content (AvgIpc) is 3.01. The number of rotatable bonds is 5. The Morgan fingerprint density at radius 3 is 2.64 bits per heavy atom. The quantitative estimate of drug-likeness (QED) is 0.615. The number of halogens is 2. The highest BCUT2D eigenvalue weighted by atomic mass is 32.2. The third-order valence-electron chi connectivity index (χ3n) is 3.97. The summed E-state index contributed by atoms with van der Waals surface area (Å²) in [5.41, 5.74) is 3.20. The molecule has 0 atom stereocenters. The van der Waals surface area contributed by atoms with E-state index in [2.05, 4.69) is 15.6 Å². The van der Waals surface area contributed by atoms with E-state index in [1.54, 1.807) is 24.3 Å². The molecule has 2 N–H and O–H groups in total. The topological polar surface area (TPSA) is 76.0 Å². The van der Waals surface area contributed by atoms with Crippen LogP contribution < -0.4 is 10.6 Å². The van der Waals surface area contributed by atoms with Crippen molar-refractivity contribution >= 4 is 40.4 Å². The lowest BCUT2D eigenvalue weighted by Crippen LogP contribution is -2.35. The number of aromatic nitrogens is 2. The van der Waals surface area contributed by atoms with Crippen LogP contribution in [0.25, 0.3) is 11.0 Å². The van der Waals surface area contributed by atoms with Gasteiger partial charge in [-0.2, -0.15) is 8.78 Å². The number of urea groups is 1. The summed E-state index contributed by atoms with van der Waals surface area (Å²) in [4.78, 5) is 28.2. The lowest BCUT2D eigenvalue weighted by molar-refractivity contribution is -0.117. The van der Waals surface area contributed by atoms with Crippen LogP contribution in [0.2, 0.25) is 0 Å². The summed E-state index contributed by atoms with van der Waals surface area (Å²) >= 11 is 0.842. The van der Waals surface area contributed by atoms with E-state index in [1.165, 1.54) is 6.07 Å². The Balaban J connectivity index is 1.62. The second kappa shape index (κ2) is 8.39. The number of amides is 3. The van der Waals surface area contributed by atoms with Crippen molar-refractivity contribution in [3.8, 4) is 0 Å². The molecule has 146 valence electrons. The van der Waals surface area contributed by atoms with Gasteiger partial charge in [-0.3, -0.25) is 14.7 Å². The second-order valence-corrected chi connectivity index (χ2v) is 7.08. The lowest BCUT2D eigenvalue weighted by atomic mass is 10.1. The third kappa shape index (κ3) is 4.48. The number of fused-ring (bicyclic) bond motifs is 1. The van der Waals surface area contributed by atoms with Gasteiger partial charge >= 0.3 is 12.6 Å². The molecule has 0 unspecified atom stereocenters. The molecule has 2 aromatic carbocycles. The molecule has 0 aliphatic rings. The summed E-state index contributed by atoms with van der Waals surface area (Å²) in [5.74, 6) is -0.837. The van der Waals surface area contributed by atoms with Gasteiger partial charge in [0.25, 0.3) is 0 Å². The first-order valence-electron chi connectivity index (χ1n) is 8.41. The standard InChI is InChI=1S/C19H18F2N4O2S/c1-11-7-8-13(12(2)9-11)22-18(27)24-16(26)10-28-19-23-14-5-3-4-6-15(14)25(19)17(20)21/h3-9,17H,10H2,1-2H3,(H2,22,24,26,27). The number of nitrogens with zero attached hydrogens (tertiary/aromatic N) is 2. The largest absolute Gasteiger partial charge is 0.325 e. The van der Waals surface area contributed by atoms with Crippen LogP contribution in [-0.2, 0) is 4.79 Å². The number of carbonyl (C=O) groups is 2. The summed E-state index contributed by atoms with van der Waals surface area (Å²) in [6.45, 7) is 0.991. The van der Waals surface area contributed by atoms with E-state index in [4.69, 9.17) is 0 Å². The molecule has 0 radical (unpaired) electrons. The number of aryl methyl sites for hydroxylation is 2. The zero-order valence-electron chi connectivity index (χ0n) is 15.2. The molecule has 9 heteroatoms. The first-order chi connectivity index (χ1) is 13.3. The number of benzene rings is 2. The molecule has 0 aliphatic carbocycles. The molecule has 0 saturated carbocycles. The van der Waals surface area contributed by atoms with Crippen molar-refractivity contribution in [3.05, 3.63) is 53.6 Å². The fourth-order valence-electron chi connectivity index (χ4n) is 2.71. The molecule has 3 amide bonds. The normalized spacial score (nSPS) is 11.0.